The SMILES string of the molecule is C#C/C=C1/OCC/C1=C/C. The smallest absolute Gasteiger partial charge is 0.130 e. The highest BCUT2D eigenvalue weighted by atomic mass is 16.5. The van der Waals surface area contributed by atoms with E-state index in [2.05, 4.69) is 5.92 Å². The summed E-state index contributed by atoms with van der Waals surface area (Å²) >= 11 is 0. The molecule has 0 aromatic heterocycles. The van der Waals surface area contributed by atoms with Gasteiger partial charge in [0.2, 0.25) is 0 Å². The number of hydrogen-bond donors (Lipinski definition) is 0. The topological polar surface area (TPSA) is 9.23 Å². The minimum atomic E-state index is 0.771. The zero-order valence-corrected chi connectivity index (χ0v) is 6.05. The molecule has 0 aromatic rings. The van der Waals surface area contributed by atoms with Crippen LogP contribution in [0, 0.1) is 12.3 Å². The van der Waals surface area contributed by atoms with Gasteiger partial charge in [0, 0.05) is 12.5 Å². The molecule has 52 valence electrons. The van der Waals surface area contributed by atoms with Crippen LogP contribution >= 0.6 is 0 Å². The first-order valence-corrected chi connectivity index (χ1v) is 3.33. The summed E-state index contributed by atoms with van der Waals surface area (Å²) in [6, 6.07) is 0. The third-order valence-electron chi connectivity index (χ3n) is 1.51. The molecule has 1 fully saturated rings. The highest BCUT2D eigenvalue weighted by molar-refractivity contribution is 5.33. The van der Waals surface area contributed by atoms with Gasteiger partial charge >= 0.3 is 0 Å². The molecule has 10 heavy (non-hydrogen) atoms. The fraction of sp³-hybridized carbons (Fsp3) is 0.333. The summed E-state index contributed by atoms with van der Waals surface area (Å²) < 4.78 is 5.25. The third kappa shape index (κ3) is 1.22. The van der Waals surface area contributed by atoms with Crippen LogP contribution in [-0.4, -0.2) is 6.61 Å². The molecule has 0 aliphatic carbocycles. The summed E-state index contributed by atoms with van der Waals surface area (Å²) in [6.45, 7) is 2.77. The van der Waals surface area contributed by atoms with E-state index in [1.807, 2.05) is 13.0 Å². The molecule has 0 amide bonds. The van der Waals surface area contributed by atoms with Gasteiger partial charge in [0.25, 0.3) is 0 Å². The highest BCUT2D eigenvalue weighted by Crippen LogP contribution is 2.22. The Labute approximate surface area is 61.4 Å². The Morgan fingerprint density at radius 2 is 2.50 bits per heavy atom. The first kappa shape index (κ1) is 6.95. The van der Waals surface area contributed by atoms with Gasteiger partial charge in [-0.1, -0.05) is 12.0 Å². The van der Waals surface area contributed by atoms with Gasteiger partial charge in [-0.3, -0.25) is 0 Å². The van der Waals surface area contributed by atoms with E-state index in [0.29, 0.717) is 0 Å². The fourth-order valence-electron chi connectivity index (χ4n) is 0.983. The Kier molecular flexibility index (Phi) is 2.17. The molecule has 0 N–H and O–H groups in total. The summed E-state index contributed by atoms with van der Waals surface area (Å²) in [5, 5.41) is 0. The molecule has 1 heterocycles. The Morgan fingerprint density at radius 3 is 3.10 bits per heavy atom. The van der Waals surface area contributed by atoms with Crippen LogP contribution in [-0.2, 0) is 4.74 Å². The molecule has 1 aliphatic heterocycles. The van der Waals surface area contributed by atoms with E-state index in [4.69, 9.17) is 11.2 Å². The minimum Gasteiger partial charge on any atom is -0.492 e. The summed E-state index contributed by atoms with van der Waals surface area (Å²) in [6.07, 6.45) is 9.79. The van der Waals surface area contributed by atoms with Crippen LogP contribution < -0.4 is 0 Å². The molecule has 0 radical (unpaired) electrons. The lowest BCUT2D eigenvalue weighted by molar-refractivity contribution is 0.266. The normalized spacial score (nSPS) is 24.8. The van der Waals surface area contributed by atoms with Crippen LogP contribution in [0.2, 0.25) is 0 Å². The van der Waals surface area contributed by atoms with Crippen molar-refractivity contribution >= 4 is 0 Å². The van der Waals surface area contributed by atoms with Crippen LogP contribution in [0.5, 0.6) is 0 Å². The molecule has 1 saturated heterocycles. The van der Waals surface area contributed by atoms with E-state index in [1.165, 1.54) is 5.57 Å². The van der Waals surface area contributed by atoms with Crippen molar-refractivity contribution in [1.82, 2.24) is 0 Å². The average molecular weight is 134 g/mol. The van der Waals surface area contributed by atoms with Gasteiger partial charge in [-0.05, 0) is 12.5 Å². The zero-order chi connectivity index (χ0) is 7.40. The Hall–Kier alpha value is -1.16. The van der Waals surface area contributed by atoms with Gasteiger partial charge in [-0.25, -0.2) is 0 Å². The largest absolute Gasteiger partial charge is 0.492 e. The summed E-state index contributed by atoms with van der Waals surface area (Å²) in [5.74, 6) is 3.31. The van der Waals surface area contributed by atoms with E-state index in [0.717, 1.165) is 18.8 Å². The number of ether oxygens (including phenoxy) is 1. The zero-order valence-electron chi connectivity index (χ0n) is 6.05. The second-order valence-electron chi connectivity index (χ2n) is 2.09. The molecule has 1 heteroatoms. The summed E-state index contributed by atoms with van der Waals surface area (Å²) in [5.41, 5.74) is 1.22. The van der Waals surface area contributed by atoms with Gasteiger partial charge in [-0.15, -0.1) is 6.42 Å². The maximum absolute atomic E-state index is 5.25. The van der Waals surface area contributed by atoms with Gasteiger partial charge in [-0.2, -0.15) is 0 Å². The molecule has 1 rings (SSSR count). The number of hydrogen-bond acceptors (Lipinski definition) is 1. The molecule has 0 spiro atoms. The van der Waals surface area contributed by atoms with E-state index in [9.17, 15) is 0 Å². The average Bonchev–Trinajstić information content (AvgIpc) is 2.36. The van der Waals surface area contributed by atoms with Crippen molar-refractivity contribution < 1.29 is 4.74 Å². The first-order valence-electron chi connectivity index (χ1n) is 3.33. The van der Waals surface area contributed by atoms with E-state index < -0.39 is 0 Å². The van der Waals surface area contributed by atoms with Crippen LogP contribution in [0.25, 0.3) is 0 Å². The molecule has 0 bridgehead atoms. The van der Waals surface area contributed by atoms with Crippen molar-refractivity contribution in [2.75, 3.05) is 6.61 Å². The maximum Gasteiger partial charge on any atom is 0.130 e. The molecule has 0 unspecified atom stereocenters. The summed E-state index contributed by atoms with van der Waals surface area (Å²) in [4.78, 5) is 0. The Morgan fingerprint density at radius 1 is 1.70 bits per heavy atom. The van der Waals surface area contributed by atoms with Crippen molar-refractivity contribution in [3.05, 3.63) is 23.5 Å². The van der Waals surface area contributed by atoms with Crippen molar-refractivity contribution in [3.63, 3.8) is 0 Å². The third-order valence-corrected chi connectivity index (χ3v) is 1.51. The minimum absolute atomic E-state index is 0.771. The van der Waals surface area contributed by atoms with E-state index in [1.54, 1.807) is 6.08 Å². The lowest BCUT2D eigenvalue weighted by Crippen LogP contribution is -1.78. The van der Waals surface area contributed by atoms with Crippen molar-refractivity contribution in [1.29, 1.82) is 0 Å². The Bertz CT molecular complexity index is 215. The monoisotopic (exact) mass is 134 g/mol. The molecular weight excluding hydrogens is 124 g/mol. The van der Waals surface area contributed by atoms with Crippen LogP contribution in [0.1, 0.15) is 13.3 Å². The molecule has 1 aliphatic rings. The van der Waals surface area contributed by atoms with Crippen LogP contribution in [0.4, 0.5) is 0 Å². The van der Waals surface area contributed by atoms with E-state index in [-0.39, 0.29) is 0 Å². The highest BCUT2D eigenvalue weighted by Gasteiger charge is 2.12. The van der Waals surface area contributed by atoms with Crippen molar-refractivity contribution in [2.24, 2.45) is 0 Å². The predicted octanol–water partition coefficient (Wildman–Crippen LogP) is 1.87. The van der Waals surface area contributed by atoms with Crippen LogP contribution in [0.15, 0.2) is 23.5 Å². The summed E-state index contributed by atoms with van der Waals surface area (Å²) in [7, 11) is 0. The van der Waals surface area contributed by atoms with Gasteiger partial charge in [0.05, 0.1) is 6.61 Å². The second kappa shape index (κ2) is 3.12. The van der Waals surface area contributed by atoms with Crippen LogP contribution in [0.3, 0.4) is 0 Å². The van der Waals surface area contributed by atoms with Gasteiger partial charge < -0.3 is 4.74 Å². The van der Waals surface area contributed by atoms with Crippen molar-refractivity contribution in [2.45, 2.75) is 13.3 Å². The maximum atomic E-state index is 5.25. The number of terminal acetylenes is 1. The van der Waals surface area contributed by atoms with Crippen molar-refractivity contribution in [3.8, 4) is 12.3 Å². The number of allylic oxidation sites excluding steroid dienone is 3. The number of rotatable bonds is 0. The Balaban J connectivity index is 2.80. The molecular formula is C9H10O. The van der Waals surface area contributed by atoms with Gasteiger partial charge in [0.15, 0.2) is 0 Å². The molecule has 0 saturated carbocycles. The second-order valence-corrected chi connectivity index (χ2v) is 2.09. The van der Waals surface area contributed by atoms with Gasteiger partial charge in [0.1, 0.15) is 5.76 Å². The quantitative estimate of drug-likeness (QED) is 0.459. The lowest BCUT2D eigenvalue weighted by Gasteiger charge is -1.94. The fourth-order valence-corrected chi connectivity index (χ4v) is 0.983. The molecule has 1 nitrogen and oxygen atoms in total. The predicted molar refractivity (Wildman–Crippen MR) is 41.2 cm³/mol. The van der Waals surface area contributed by atoms with E-state index >= 15 is 0 Å². The standard InChI is InChI=1S/C9H10O/c1-3-5-9-8(4-2)6-7-10-9/h1,4-5H,6-7H2,2H3/b8-4-,9-5+. The molecule has 0 aromatic carbocycles. The lowest BCUT2D eigenvalue weighted by atomic mass is 10.2. The molecule has 0 atom stereocenters. The first-order chi connectivity index (χ1) is 4.88.